The van der Waals surface area contributed by atoms with E-state index in [1.807, 2.05) is 32.1 Å². The molecular weight excluding hydrogens is 138 g/mol. The van der Waals surface area contributed by atoms with E-state index in [1.54, 1.807) is 6.20 Å². The van der Waals surface area contributed by atoms with Gasteiger partial charge in [-0.05, 0) is 12.5 Å². The number of aromatic nitrogens is 1. The van der Waals surface area contributed by atoms with Crippen LogP contribution in [0.2, 0.25) is 0 Å². The molecule has 0 saturated carbocycles. The van der Waals surface area contributed by atoms with Crippen molar-refractivity contribution in [1.82, 2.24) is 4.98 Å². The fraction of sp³-hybridized carbons (Fsp3) is 0.375. The van der Waals surface area contributed by atoms with E-state index in [-0.39, 0.29) is 0 Å². The van der Waals surface area contributed by atoms with Gasteiger partial charge >= 0.3 is 0 Å². The summed E-state index contributed by atoms with van der Waals surface area (Å²) in [5.41, 5.74) is 8.58. The Bertz CT molecular complexity index is 256. The molecule has 1 heterocycles. The Kier molecular flexibility index (Phi) is 1.98. The monoisotopic (exact) mass is 151 g/mol. The third-order valence-corrected chi connectivity index (χ3v) is 1.71. The first-order valence-corrected chi connectivity index (χ1v) is 3.50. The number of hydrogen-bond acceptors (Lipinski definition) is 3. The van der Waals surface area contributed by atoms with Crippen molar-refractivity contribution in [2.45, 2.75) is 6.92 Å². The smallest absolute Gasteiger partial charge is 0.0597 e. The average molecular weight is 151 g/mol. The van der Waals surface area contributed by atoms with E-state index >= 15 is 0 Å². The molecule has 0 unspecified atom stereocenters. The molecule has 11 heavy (non-hydrogen) atoms. The van der Waals surface area contributed by atoms with Crippen molar-refractivity contribution in [2.24, 2.45) is 0 Å². The number of rotatable bonds is 1. The summed E-state index contributed by atoms with van der Waals surface area (Å²) in [5.74, 6) is 0. The van der Waals surface area contributed by atoms with Crippen LogP contribution in [-0.4, -0.2) is 19.1 Å². The molecule has 0 radical (unpaired) electrons. The lowest BCUT2D eigenvalue weighted by Gasteiger charge is -2.15. The first kappa shape index (κ1) is 7.85. The number of nitrogen functional groups attached to an aromatic ring is 1. The van der Waals surface area contributed by atoms with Crippen LogP contribution >= 0.6 is 0 Å². The first-order valence-electron chi connectivity index (χ1n) is 3.50. The Morgan fingerprint density at radius 3 is 2.45 bits per heavy atom. The highest BCUT2D eigenvalue weighted by Gasteiger charge is 2.02. The highest BCUT2D eigenvalue weighted by molar-refractivity contribution is 5.61. The highest BCUT2D eigenvalue weighted by atomic mass is 15.1. The van der Waals surface area contributed by atoms with Crippen LogP contribution in [0, 0.1) is 6.92 Å². The van der Waals surface area contributed by atoms with Gasteiger partial charge in [0.25, 0.3) is 0 Å². The molecule has 2 N–H and O–H groups in total. The van der Waals surface area contributed by atoms with Gasteiger partial charge in [-0.2, -0.15) is 0 Å². The molecule has 0 saturated heterocycles. The Morgan fingerprint density at radius 2 is 2.00 bits per heavy atom. The van der Waals surface area contributed by atoms with Gasteiger partial charge in [-0.15, -0.1) is 0 Å². The average Bonchev–Trinajstić information content (AvgIpc) is 1.94. The van der Waals surface area contributed by atoms with Crippen molar-refractivity contribution >= 4 is 11.4 Å². The maximum absolute atomic E-state index is 5.67. The van der Waals surface area contributed by atoms with Gasteiger partial charge in [0.1, 0.15) is 0 Å². The molecule has 0 atom stereocenters. The molecule has 1 rings (SSSR count). The molecule has 0 fully saturated rings. The summed E-state index contributed by atoms with van der Waals surface area (Å²) in [5, 5.41) is 0. The lowest BCUT2D eigenvalue weighted by molar-refractivity contribution is 1.09. The zero-order valence-corrected chi connectivity index (χ0v) is 7.13. The van der Waals surface area contributed by atoms with Crippen molar-refractivity contribution in [3.63, 3.8) is 0 Å². The second-order valence-corrected chi connectivity index (χ2v) is 2.77. The largest absolute Gasteiger partial charge is 0.397 e. The van der Waals surface area contributed by atoms with Gasteiger partial charge in [0.2, 0.25) is 0 Å². The highest BCUT2D eigenvalue weighted by Crippen LogP contribution is 2.20. The molecule has 0 aromatic carbocycles. The fourth-order valence-corrected chi connectivity index (χ4v) is 0.981. The maximum atomic E-state index is 5.67. The molecular formula is C8H13N3. The minimum absolute atomic E-state index is 0.746. The molecule has 1 aromatic heterocycles. The number of nitrogens with two attached hydrogens (primary N) is 1. The topological polar surface area (TPSA) is 42.1 Å². The van der Waals surface area contributed by atoms with Crippen LogP contribution in [0.4, 0.5) is 11.4 Å². The van der Waals surface area contributed by atoms with E-state index in [4.69, 9.17) is 5.73 Å². The molecule has 3 heteroatoms. The molecule has 3 nitrogen and oxygen atoms in total. The number of pyridine rings is 1. The second-order valence-electron chi connectivity index (χ2n) is 2.77. The fourth-order valence-electron chi connectivity index (χ4n) is 0.981. The zero-order valence-electron chi connectivity index (χ0n) is 7.13. The van der Waals surface area contributed by atoms with Gasteiger partial charge in [-0.3, -0.25) is 4.98 Å². The van der Waals surface area contributed by atoms with Crippen LogP contribution in [-0.2, 0) is 0 Å². The van der Waals surface area contributed by atoms with E-state index in [1.165, 1.54) is 0 Å². The van der Waals surface area contributed by atoms with E-state index in [9.17, 15) is 0 Å². The van der Waals surface area contributed by atoms with Gasteiger partial charge < -0.3 is 10.6 Å². The van der Waals surface area contributed by atoms with Crippen LogP contribution in [0.25, 0.3) is 0 Å². The third kappa shape index (κ3) is 1.42. The summed E-state index contributed by atoms with van der Waals surface area (Å²) in [6.07, 6.45) is 3.48. The number of anilines is 2. The van der Waals surface area contributed by atoms with Crippen molar-refractivity contribution in [1.29, 1.82) is 0 Å². The predicted octanol–water partition coefficient (Wildman–Crippen LogP) is 1.04. The third-order valence-electron chi connectivity index (χ3n) is 1.71. The first-order chi connectivity index (χ1) is 5.13. The zero-order chi connectivity index (χ0) is 8.43. The Hall–Kier alpha value is -1.25. The van der Waals surface area contributed by atoms with E-state index < -0.39 is 0 Å². The summed E-state index contributed by atoms with van der Waals surface area (Å²) in [6.45, 7) is 1.99. The Labute approximate surface area is 66.8 Å². The van der Waals surface area contributed by atoms with Crippen molar-refractivity contribution in [3.8, 4) is 0 Å². The Balaban J connectivity index is 3.17. The van der Waals surface area contributed by atoms with Gasteiger partial charge in [0.15, 0.2) is 0 Å². The van der Waals surface area contributed by atoms with Crippen LogP contribution in [0.15, 0.2) is 12.4 Å². The van der Waals surface area contributed by atoms with Crippen molar-refractivity contribution < 1.29 is 0 Å². The number of nitrogens with zero attached hydrogens (tertiary/aromatic N) is 2. The van der Waals surface area contributed by atoms with Crippen LogP contribution in [0.3, 0.4) is 0 Å². The maximum Gasteiger partial charge on any atom is 0.0597 e. The lowest BCUT2D eigenvalue weighted by atomic mass is 10.2. The second kappa shape index (κ2) is 2.78. The predicted molar refractivity (Wildman–Crippen MR) is 47.7 cm³/mol. The number of hydrogen-bond donors (Lipinski definition) is 1. The normalized spacial score (nSPS) is 9.73. The summed E-state index contributed by atoms with van der Waals surface area (Å²) >= 11 is 0. The molecule has 60 valence electrons. The van der Waals surface area contributed by atoms with Crippen LogP contribution in [0.1, 0.15) is 5.56 Å². The minimum Gasteiger partial charge on any atom is -0.397 e. The van der Waals surface area contributed by atoms with Crippen molar-refractivity contribution in [2.75, 3.05) is 24.7 Å². The quantitative estimate of drug-likeness (QED) is 0.652. The molecule has 0 bridgehead atoms. The van der Waals surface area contributed by atoms with E-state index in [0.717, 1.165) is 16.9 Å². The minimum atomic E-state index is 0.746. The van der Waals surface area contributed by atoms with Gasteiger partial charge in [-0.25, -0.2) is 0 Å². The van der Waals surface area contributed by atoms with Crippen molar-refractivity contribution in [3.05, 3.63) is 18.0 Å². The van der Waals surface area contributed by atoms with Crippen LogP contribution < -0.4 is 10.6 Å². The van der Waals surface area contributed by atoms with Gasteiger partial charge in [-0.1, -0.05) is 0 Å². The summed E-state index contributed by atoms with van der Waals surface area (Å²) < 4.78 is 0. The molecule has 0 aliphatic carbocycles. The lowest BCUT2D eigenvalue weighted by Crippen LogP contribution is -2.11. The molecule has 0 amide bonds. The summed E-state index contributed by atoms with van der Waals surface area (Å²) in [6, 6.07) is 0. The summed E-state index contributed by atoms with van der Waals surface area (Å²) in [4.78, 5) is 6.00. The summed E-state index contributed by atoms with van der Waals surface area (Å²) in [7, 11) is 3.95. The molecule has 1 aromatic rings. The molecule has 0 aliphatic heterocycles. The van der Waals surface area contributed by atoms with E-state index in [2.05, 4.69) is 4.98 Å². The molecule has 0 spiro atoms. The Morgan fingerprint density at radius 1 is 1.36 bits per heavy atom. The van der Waals surface area contributed by atoms with E-state index in [0.29, 0.717) is 0 Å². The standard InChI is InChI=1S/C8H13N3/c1-6-7(9)4-10-5-8(6)11(2)3/h4-5H,9H2,1-3H3. The SMILES string of the molecule is Cc1c(N)cncc1N(C)C. The van der Waals surface area contributed by atoms with Gasteiger partial charge in [0.05, 0.1) is 23.8 Å². The van der Waals surface area contributed by atoms with Crippen LogP contribution in [0.5, 0.6) is 0 Å². The van der Waals surface area contributed by atoms with Gasteiger partial charge in [0, 0.05) is 14.1 Å². The molecule has 0 aliphatic rings.